The molecule has 3 rings (SSSR count). The Labute approximate surface area is 415 Å². The molecule has 388 valence electrons. The van der Waals surface area contributed by atoms with Crippen LogP contribution in [0.15, 0.2) is 24.3 Å². The third-order valence-electron chi connectivity index (χ3n) is 13.9. The van der Waals surface area contributed by atoms with Crippen LogP contribution in [0.3, 0.4) is 0 Å². The number of aliphatic hydroxyl groups excluding tert-OH is 1. The Bertz CT molecular complexity index is 1730. The van der Waals surface area contributed by atoms with Crippen molar-refractivity contribution >= 4 is 17.8 Å². The molecule has 1 fully saturated rings. The largest absolute Gasteiger partial charge is 0.507 e. The van der Waals surface area contributed by atoms with Gasteiger partial charge in [-0.2, -0.15) is 0 Å². The van der Waals surface area contributed by atoms with Crippen LogP contribution < -0.4 is 10.6 Å². The normalized spacial score (nSPS) is 18.4. The predicted molar refractivity (Wildman–Crippen MR) is 283 cm³/mol. The number of aromatic hydroxyl groups is 2. The third kappa shape index (κ3) is 19.7. The molecule has 9 heteroatoms. The number of phenols is 2. The highest BCUT2D eigenvalue weighted by Gasteiger charge is 2.46. The zero-order valence-corrected chi connectivity index (χ0v) is 46.7. The Morgan fingerprint density at radius 1 is 0.544 bits per heavy atom. The molecule has 0 aliphatic heterocycles. The van der Waals surface area contributed by atoms with E-state index in [1.165, 1.54) is 0 Å². The van der Waals surface area contributed by atoms with Gasteiger partial charge in [0.2, 0.25) is 11.8 Å². The molecule has 2 unspecified atom stereocenters. The van der Waals surface area contributed by atoms with Gasteiger partial charge in [0.15, 0.2) is 0 Å². The predicted octanol–water partition coefficient (Wildman–Crippen LogP) is 13.1. The molecule has 1 aliphatic rings. The molecule has 0 bridgehead atoms. The molecule has 5 N–H and O–H groups in total. The van der Waals surface area contributed by atoms with E-state index in [1.807, 2.05) is 6.92 Å². The monoisotopic (exact) mass is 949 g/mol. The number of aryl methyl sites for hydroxylation is 2. The van der Waals surface area contributed by atoms with Crippen molar-refractivity contribution in [2.24, 2.45) is 28.6 Å². The van der Waals surface area contributed by atoms with Gasteiger partial charge in [0.1, 0.15) is 11.5 Å². The maximum absolute atomic E-state index is 12.6. The molecule has 2 aromatic rings. The highest BCUT2D eigenvalue weighted by molar-refractivity contribution is 5.76. The number of carbonyl (C=O) groups excluding carboxylic acids is 3. The van der Waals surface area contributed by atoms with E-state index >= 15 is 0 Å². The molecule has 0 radical (unpaired) electrons. The van der Waals surface area contributed by atoms with Crippen molar-refractivity contribution in [2.75, 3.05) is 19.7 Å². The molecule has 1 aliphatic carbocycles. The van der Waals surface area contributed by atoms with E-state index in [2.05, 4.69) is 160 Å². The number of ether oxygens (including phenoxy) is 1. The van der Waals surface area contributed by atoms with Gasteiger partial charge in [-0.05, 0) is 135 Å². The van der Waals surface area contributed by atoms with Crippen molar-refractivity contribution in [3.63, 3.8) is 0 Å². The summed E-state index contributed by atoms with van der Waals surface area (Å²) >= 11 is 0. The number of hydrogen-bond acceptors (Lipinski definition) is 7. The number of hydrogen-bond donors (Lipinski definition) is 5. The van der Waals surface area contributed by atoms with Gasteiger partial charge in [0.05, 0.1) is 12.7 Å². The Hall–Kier alpha value is -3.59. The second-order valence-electron chi connectivity index (χ2n) is 26.3. The van der Waals surface area contributed by atoms with Crippen molar-refractivity contribution in [1.29, 1.82) is 0 Å². The van der Waals surface area contributed by atoms with E-state index in [9.17, 15) is 29.7 Å². The summed E-state index contributed by atoms with van der Waals surface area (Å²) in [4.78, 5) is 36.7. The van der Waals surface area contributed by atoms with E-state index in [0.717, 1.165) is 78.3 Å². The van der Waals surface area contributed by atoms with Gasteiger partial charge in [-0.25, -0.2) is 0 Å². The maximum Gasteiger partial charge on any atom is 0.305 e. The van der Waals surface area contributed by atoms with Gasteiger partial charge in [0, 0.05) is 32.4 Å². The van der Waals surface area contributed by atoms with Crippen LogP contribution in [0.4, 0.5) is 0 Å². The fraction of sp³-hybridized carbons (Fsp3) is 0.746. The van der Waals surface area contributed by atoms with Gasteiger partial charge >= 0.3 is 5.97 Å². The number of aliphatic hydroxyl groups is 1. The molecule has 2 amide bonds. The lowest BCUT2D eigenvalue weighted by Gasteiger charge is -2.49. The standard InChI is InChI=1S/C40H64N2O4.C19H36O3/c1-37(2,3)29-23-27(24-30(35(29)45)38(4,5)6)17-19-33(43)41-21-15-13-14-16-22-42-34(44)20-18-28-25-31(39(7,8)9)36(46)32(26-28)40(10,11)12;1-8-22-16(20)10-9-13-11-14(18(2,3)4)17(21)15(12-13)19(5,6)7/h23-26,45-46H,13-22H2,1-12H3,(H,41,43)(H,42,44);13-15,17,21H,8-12H2,1-7H3. The Kier molecular flexibility index (Phi) is 22.2. The van der Waals surface area contributed by atoms with Crippen molar-refractivity contribution in [2.45, 2.75) is 236 Å². The van der Waals surface area contributed by atoms with E-state index in [4.69, 9.17) is 4.74 Å². The first-order chi connectivity index (χ1) is 31.0. The number of unbranched alkanes of at least 4 members (excludes halogenated alkanes) is 3. The lowest BCUT2D eigenvalue weighted by Crippen LogP contribution is -2.47. The van der Waals surface area contributed by atoms with Gasteiger partial charge in [-0.15, -0.1) is 0 Å². The Balaban J connectivity index is 0.000000601. The smallest absolute Gasteiger partial charge is 0.305 e. The molecular weight excluding hydrogens is 849 g/mol. The molecule has 0 heterocycles. The minimum absolute atomic E-state index is 0.0489. The van der Waals surface area contributed by atoms with Crippen LogP contribution in [0.2, 0.25) is 0 Å². The topological polar surface area (TPSA) is 145 Å². The van der Waals surface area contributed by atoms with Crippen molar-refractivity contribution in [3.8, 4) is 11.5 Å². The fourth-order valence-corrected chi connectivity index (χ4v) is 9.61. The summed E-state index contributed by atoms with van der Waals surface area (Å²) in [5.74, 6) is 1.82. The quantitative estimate of drug-likeness (QED) is 0.0784. The fourth-order valence-electron chi connectivity index (χ4n) is 9.61. The van der Waals surface area contributed by atoms with Crippen LogP contribution in [0.5, 0.6) is 11.5 Å². The lowest BCUT2D eigenvalue weighted by atomic mass is 9.58. The summed E-state index contributed by atoms with van der Waals surface area (Å²) in [5.41, 5.74) is 5.28. The summed E-state index contributed by atoms with van der Waals surface area (Å²) in [7, 11) is 0. The summed E-state index contributed by atoms with van der Waals surface area (Å²) in [6, 6.07) is 8.20. The van der Waals surface area contributed by atoms with Crippen LogP contribution >= 0.6 is 0 Å². The van der Waals surface area contributed by atoms with Crippen molar-refractivity contribution in [3.05, 3.63) is 57.6 Å². The minimum atomic E-state index is -0.251. The second kappa shape index (κ2) is 25.0. The van der Waals surface area contributed by atoms with Crippen molar-refractivity contribution < 1.29 is 34.4 Å². The molecule has 9 nitrogen and oxygen atoms in total. The highest BCUT2D eigenvalue weighted by atomic mass is 16.5. The summed E-state index contributed by atoms with van der Waals surface area (Å²) in [6.45, 7) is 42.1. The highest BCUT2D eigenvalue weighted by Crippen LogP contribution is 2.49. The zero-order chi connectivity index (χ0) is 52.2. The number of rotatable bonds is 17. The van der Waals surface area contributed by atoms with Gasteiger partial charge in [-0.1, -0.05) is 162 Å². The summed E-state index contributed by atoms with van der Waals surface area (Å²) in [5, 5.41) is 38.9. The second-order valence-corrected chi connectivity index (χ2v) is 26.3. The molecule has 0 saturated heterocycles. The third-order valence-corrected chi connectivity index (χ3v) is 13.9. The van der Waals surface area contributed by atoms with Crippen LogP contribution in [0, 0.1) is 28.6 Å². The molecule has 0 spiro atoms. The van der Waals surface area contributed by atoms with Crippen LogP contribution in [-0.4, -0.2) is 58.9 Å². The van der Waals surface area contributed by atoms with E-state index in [1.54, 1.807) is 0 Å². The number of amides is 2. The Morgan fingerprint density at radius 3 is 1.15 bits per heavy atom. The molecule has 2 aromatic carbocycles. The summed E-state index contributed by atoms with van der Waals surface area (Å²) in [6.07, 6.45) is 9.09. The average molecular weight is 949 g/mol. The molecular formula is C59H100N2O7. The molecule has 0 aromatic heterocycles. The number of esters is 1. The van der Waals surface area contributed by atoms with E-state index < -0.39 is 0 Å². The van der Waals surface area contributed by atoms with E-state index in [0.29, 0.717) is 69.2 Å². The first-order valence-electron chi connectivity index (χ1n) is 26.1. The number of benzene rings is 2. The van der Waals surface area contributed by atoms with Gasteiger partial charge in [0.25, 0.3) is 0 Å². The first kappa shape index (κ1) is 60.5. The van der Waals surface area contributed by atoms with Crippen molar-refractivity contribution in [1.82, 2.24) is 10.6 Å². The zero-order valence-electron chi connectivity index (χ0n) is 46.7. The Morgan fingerprint density at radius 2 is 0.868 bits per heavy atom. The maximum atomic E-state index is 12.6. The molecule has 68 heavy (non-hydrogen) atoms. The first-order valence-corrected chi connectivity index (χ1v) is 26.1. The van der Waals surface area contributed by atoms with Gasteiger partial charge < -0.3 is 30.7 Å². The lowest BCUT2D eigenvalue weighted by molar-refractivity contribution is -0.144. The van der Waals surface area contributed by atoms with Gasteiger partial charge in [-0.3, -0.25) is 14.4 Å². The van der Waals surface area contributed by atoms with Crippen LogP contribution in [0.25, 0.3) is 0 Å². The minimum Gasteiger partial charge on any atom is -0.507 e. The molecule has 2 atom stereocenters. The molecule has 1 saturated carbocycles. The SMILES string of the molecule is CC(C)(C)c1cc(CCC(=O)NCCCCCCNC(=O)CCc2cc(C(C)(C)C)c(O)c(C(C)(C)C)c2)cc(C(C)(C)C)c1O.CCOC(=O)CCC1CC(C(C)(C)C)C(O)C(C(C)(C)C)C1. The number of carbonyl (C=O) groups is 3. The van der Waals surface area contributed by atoms with Crippen LogP contribution in [0.1, 0.15) is 229 Å². The average Bonchev–Trinajstić information content (AvgIpc) is 3.18. The van der Waals surface area contributed by atoms with E-state index in [-0.39, 0.29) is 68.2 Å². The number of phenolic OH excluding ortho intramolecular Hbond substituents is 2. The number of nitrogens with one attached hydrogen (secondary N) is 2. The van der Waals surface area contributed by atoms with Crippen LogP contribution in [-0.2, 0) is 53.6 Å². The summed E-state index contributed by atoms with van der Waals surface area (Å²) < 4.78 is 5.05.